The first-order valence-corrected chi connectivity index (χ1v) is 12.9. The molecule has 4 atom stereocenters. The highest BCUT2D eigenvalue weighted by Crippen LogP contribution is 2.51. The number of β-lactam (4-membered cyclic amide) rings is 1. The first kappa shape index (κ1) is 23.3. The maximum Gasteiger partial charge on any atom is 0.395 e. The number of carbonyl (C=O) groups is 4. The van der Waals surface area contributed by atoms with Gasteiger partial charge in [0, 0.05) is 11.5 Å². The Morgan fingerprint density at radius 1 is 1.13 bits per heavy atom. The first-order valence-electron chi connectivity index (χ1n) is 10.5. The van der Waals surface area contributed by atoms with Gasteiger partial charge >= 0.3 is 11.9 Å². The number of ketones is 1. The fraction of sp³-hybridized carbons (Fsp3) is 0.565. The van der Waals surface area contributed by atoms with E-state index in [4.69, 9.17) is 4.43 Å². The summed E-state index contributed by atoms with van der Waals surface area (Å²) in [6.45, 7) is 11.7. The van der Waals surface area contributed by atoms with Gasteiger partial charge in [0.1, 0.15) is 0 Å². The van der Waals surface area contributed by atoms with Crippen molar-refractivity contribution in [2.45, 2.75) is 65.3 Å². The minimum Gasteiger partial charge on any atom is -0.474 e. The Bertz CT molecular complexity index is 936. The highest BCUT2D eigenvalue weighted by Gasteiger charge is 2.66. The van der Waals surface area contributed by atoms with Gasteiger partial charge in [-0.25, -0.2) is 4.79 Å². The normalized spacial score (nSPS) is 25.6. The van der Waals surface area contributed by atoms with Crippen molar-refractivity contribution >= 4 is 32.6 Å². The van der Waals surface area contributed by atoms with Gasteiger partial charge < -0.3 is 9.53 Å². The van der Waals surface area contributed by atoms with Gasteiger partial charge in [-0.15, -0.1) is 0 Å². The second-order valence-electron chi connectivity index (χ2n) is 9.82. The predicted octanol–water partition coefficient (Wildman–Crippen LogP) is 2.94. The van der Waals surface area contributed by atoms with Crippen LogP contribution in [0.3, 0.4) is 0 Å². The summed E-state index contributed by atoms with van der Waals surface area (Å²) in [6.07, 6.45) is 1.08. The number of likely N-dealkylation sites (tertiary alicyclic amines) is 1. The summed E-state index contributed by atoms with van der Waals surface area (Å²) < 4.78 is 6.38. The van der Waals surface area contributed by atoms with E-state index in [0.717, 1.165) is 10.5 Å². The van der Waals surface area contributed by atoms with Crippen molar-refractivity contribution in [1.29, 1.82) is 0 Å². The van der Waals surface area contributed by atoms with Crippen LogP contribution < -0.4 is 0 Å². The summed E-state index contributed by atoms with van der Waals surface area (Å²) in [5.41, 5.74) is 0.0683. The van der Waals surface area contributed by atoms with Crippen molar-refractivity contribution < 1.29 is 28.7 Å². The lowest BCUT2D eigenvalue weighted by atomic mass is 9.59. The number of fused-ring (bicyclic) bond motifs is 1. The number of imide groups is 1. The van der Waals surface area contributed by atoms with Crippen LogP contribution in [0, 0.1) is 17.3 Å². The van der Waals surface area contributed by atoms with Crippen molar-refractivity contribution in [3.05, 3.63) is 35.4 Å². The van der Waals surface area contributed by atoms with Crippen molar-refractivity contribution in [2.75, 3.05) is 0 Å². The summed E-state index contributed by atoms with van der Waals surface area (Å²) in [7, 11) is -1.24. The number of carboxylic acid groups (broad SMARTS) is 1. The number of hydrogen-bond acceptors (Lipinski definition) is 5. The number of Topliss-reactive ketones (excluding diaryl/α,β-unsaturated/α-hetero) is 1. The molecule has 1 N–H and O–H groups in total. The predicted molar refractivity (Wildman–Crippen MR) is 116 cm³/mol. The molecular formula is C23H30NO6Si. The van der Waals surface area contributed by atoms with Gasteiger partial charge in [-0.05, 0) is 43.8 Å². The number of carboxylic acids is 1. The Morgan fingerprint density at radius 2 is 1.74 bits per heavy atom. The third-order valence-corrected chi connectivity index (χ3v) is 7.63. The van der Waals surface area contributed by atoms with E-state index in [1.165, 1.54) is 0 Å². The molecule has 1 heterocycles. The van der Waals surface area contributed by atoms with E-state index in [0.29, 0.717) is 18.4 Å². The molecule has 1 saturated heterocycles. The largest absolute Gasteiger partial charge is 0.474 e. The quantitative estimate of drug-likeness (QED) is 0.435. The number of aryl methyl sites for hydroxylation is 1. The van der Waals surface area contributed by atoms with Crippen LogP contribution in [0.15, 0.2) is 24.3 Å². The first-order chi connectivity index (χ1) is 14.3. The molecule has 3 rings (SSSR count). The third kappa shape index (κ3) is 3.76. The zero-order chi connectivity index (χ0) is 23.3. The molecule has 1 aliphatic carbocycles. The number of rotatable bonds is 4. The molecule has 0 unspecified atom stereocenters. The Morgan fingerprint density at radius 3 is 2.29 bits per heavy atom. The molecule has 1 aromatic carbocycles. The molecule has 167 valence electrons. The molecule has 31 heavy (non-hydrogen) atoms. The summed E-state index contributed by atoms with van der Waals surface area (Å²) in [5.74, 6) is -5.15. The number of nitrogens with zero attached hydrogens (tertiary/aromatic N) is 1. The number of carbonyl (C=O) groups excluding carboxylic acids is 3. The van der Waals surface area contributed by atoms with Crippen LogP contribution in [0.4, 0.5) is 0 Å². The minimum atomic E-state index is -1.70. The smallest absolute Gasteiger partial charge is 0.395 e. The molecule has 7 nitrogen and oxygen atoms in total. The number of benzene rings is 1. The van der Waals surface area contributed by atoms with Gasteiger partial charge in [0.25, 0.3) is 0 Å². The molecule has 1 fully saturated rings. The molecule has 1 radical (unpaired) electrons. The fourth-order valence-electron chi connectivity index (χ4n) is 4.88. The molecule has 8 heteroatoms. The van der Waals surface area contributed by atoms with Gasteiger partial charge in [0.05, 0.1) is 17.6 Å². The van der Waals surface area contributed by atoms with E-state index in [2.05, 4.69) is 0 Å². The van der Waals surface area contributed by atoms with Crippen molar-refractivity contribution in [1.82, 2.24) is 4.90 Å². The van der Waals surface area contributed by atoms with Gasteiger partial charge in [-0.1, -0.05) is 45.0 Å². The fourth-order valence-corrected chi connectivity index (χ4v) is 6.16. The van der Waals surface area contributed by atoms with Crippen LogP contribution in [0.1, 0.15) is 50.0 Å². The van der Waals surface area contributed by atoms with Gasteiger partial charge in [-0.3, -0.25) is 19.3 Å². The monoisotopic (exact) mass is 444 g/mol. The van der Waals surface area contributed by atoms with Crippen LogP contribution in [-0.4, -0.2) is 54.3 Å². The summed E-state index contributed by atoms with van der Waals surface area (Å²) in [5, 5.41) is 9.31. The highest BCUT2D eigenvalue weighted by atomic mass is 28.3. The molecule has 1 aliphatic heterocycles. The van der Waals surface area contributed by atoms with Crippen LogP contribution in [-0.2, 0) is 25.2 Å². The second-order valence-corrected chi connectivity index (χ2v) is 11.8. The molecule has 0 aromatic heterocycles. The standard InChI is InChI=1S/C23H30NO6Si/c1-22(2,3)23(4,30-31(5)6)16-17(24(19(16)26)20(27)21(28)29)15-12-11-13-9-7-8-10-14(13)18(15)25/h7-10,15-17H,11-12H2,1-6H3,(H,28,29)/t15-,16+,17+,23+/m0/s1. The summed E-state index contributed by atoms with van der Waals surface area (Å²) in [4.78, 5) is 51.4. The molecule has 0 saturated carbocycles. The molecular weight excluding hydrogens is 414 g/mol. The number of aliphatic carboxylic acids is 1. The zero-order valence-electron chi connectivity index (χ0n) is 18.9. The maximum atomic E-state index is 13.4. The number of hydrogen-bond donors (Lipinski definition) is 1. The Balaban J connectivity index is 2.09. The summed E-state index contributed by atoms with van der Waals surface area (Å²) >= 11 is 0. The van der Waals surface area contributed by atoms with Crippen LogP contribution in [0.25, 0.3) is 0 Å². The van der Waals surface area contributed by atoms with E-state index < -0.39 is 55.7 Å². The molecule has 1 aromatic rings. The van der Waals surface area contributed by atoms with Crippen molar-refractivity contribution in [3.8, 4) is 0 Å². The van der Waals surface area contributed by atoms with Crippen LogP contribution in [0.2, 0.25) is 13.1 Å². The van der Waals surface area contributed by atoms with Crippen LogP contribution >= 0.6 is 0 Å². The highest BCUT2D eigenvalue weighted by molar-refractivity contribution is 6.48. The lowest BCUT2D eigenvalue weighted by molar-refractivity contribution is -0.196. The second kappa shape index (κ2) is 7.98. The Kier molecular flexibility index (Phi) is 6.01. The Labute approximate surface area is 184 Å². The SMILES string of the molecule is C[Si](C)O[C@](C)([C@H]1C(=O)N(C(=O)C(=O)O)[C@@H]1[C@@H]1CCc2ccccc2C1=O)C(C)(C)C. The van der Waals surface area contributed by atoms with Gasteiger partial charge in [0.15, 0.2) is 5.78 Å². The molecule has 0 bridgehead atoms. The van der Waals surface area contributed by atoms with E-state index in [-0.39, 0.29) is 5.78 Å². The van der Waals surface area contributed by atoms with E-state index in [1.54, 1.807) is 12.1 Å². The van der Waals surface area contributed by atoms with E-state index >= 15 is 0 Å². The van der Waals surface area contributed by atoms with E-state index in [9.17, 15) is 24.3 Å². The Hall–Kier alpha value is -2.32. The zero-order valence-corrected chi connectivity index (χ0v) is 19.9. The lowest BCUT2D eigenvalue weighted by Crippen LogP contribution is -2.76. The minimum absolute atomic E-state index is 0.151. The van der Waals surface area contributed by atoms with E-state index in [1.807, 2.05) is 52.9 Å². The maximum absolute atomic E-state index is 13.4. The third-order valence-electron chi connectivity index (χ3n) is 6.80. The number of amides is 2. The average molecular weight is 445 g/mol. The van der Waals surface area contributed by atoms with Crippen LogP contribution in [0.5, 0.6) is 0 Å². The average Bonchev–Trinajstić information content (AvgIpc) is 2.65. The molecule has 2 amide bonds. The van der Waals surface area contributed by atoms with Gasteiger partial charge in [-0.2, -0.15) is 0 Å². The van der Waals surface area contributed by atoms with Crippen molar-refractivity contribution in [2.24, 2.45) is 17.3 Å². The van der Waals surface area contributed by atoms with Crippen molar-refractivity contribution in [3.63, 3.8) is 0 Å². The molecule has 0 spiro atoms. The molecule has 2 aliphatic rings. The summed E-state index contributed by atoms with van der Waals surface area (Å²) in [6, 6.07) is 6.47. The lowest BCUT2D eigenvalue weighted by Gasteiger charge is -2.59. The van der Waals surface area contributed by atoms with Gasteiger partial charge in [0.2, 0.25) is 14.9 Å². The topological polar surface area (TPSA) is 101 Å².